The summed E-state index contributed by atoms with van der Waals surface area (Å²) < 4.78 is 0. The lowest BCUT2D eigenvalue weighted by Crippen LogP contribution is -2.51. The smallest absolute Gasteiger partial charge is 0.253 e. The minimum atomic E-state index is 0.119. The monoisotopic (exact) mass is 397 g/mol. The largest absolute Gasteiger partial charge is 0.369 e. The van der Waals surface area contributed by atoms with E-state index in [1.165, 1.54) is 16.8 Å². The fourth-order valence-electron chi connectivity index (χ4n) is 4.41. The maximum Gasteiger partial charge on any atom is 0.253 e. The molecule has 2 aromatic carbocycles. The highest BCUT2D eigenvalue weighted by Crippen LogP contribution is 2.26. The number of carbonyl (C=O) groups excluding carboxylic acids is 1. The van der Waals surface area contributed by atoms with Crippen LogP contribution in [0.1, 0.15) is 27.9 Å². The van der Waals surface area contributed by atoms with Crippen LogP contribution in [0.3, 0.4) is 0 Å². The molecule has 2 saturated heterocycles. The lowest BCUT2D eigenvalue weighted by molar-refractivity contribution is 0.0775. The Labute approximate surface area is 172 Å². The van der Waals surface area contributed by atoms with Crippen molar-refractivity contribution < 1.29 is 4.79 Å². The third-order valence-electron chi connectivity index (χ3n) is 6.29. The second kappa shape index (κ2) is 8.14. The second-order valence-electron chi connectivity index (χ2n) is 7.94. The minimum absolute atomic E-state index is 0.119. The van der Waals surface area contributed by atoms with Gasteiger partial charge in [-0.1, -0.05) is 23.7 Å². The van der Waals surface area contributed by atoms with Crippen molar-refractivity contribution >= 4 is 23.2 Å². The van der Waals surface area contributed by atoms with Crippen LogP contribution in [-0.4, -0.2) is 61.0 Å². The number of anilines is 1. The molecule has 1 amide bonds. The lowest BCUT2D eigenvalue weighted by atomic mass is 10.1. The Balaban J connectivity index is 1.34. The topological polar surface area (TPSA) is 26.8 Å². The van der Waals surface area contributed by atoms with E-state index in [4.69, 9.17) is 11.6 Å². The number of hydrogen-bond donors (Lipinski definition) is 0. The van der Waals surface area contributed by atoms with Crippen LogP contribution in [0.5, 0.6) is 0 Å². The molecule has 2 heterocycles. The van der Waals surface area contributed by atoms with Gasteiger partial charge in [0.15, 0.2) is 0 Å². The standard InChI is InChI=1S/C23H28ClN3O/c1-17-4-3-5-22(18(17)2)26-14-12-25(13-15-26)21-10-11-27(16-21)23(28)19-6-8-20(24)9-7-19/h3-9,21H,10-16H2,1-2H3. The molecular weight excluding hydrogens is 370 g/mol. The van der Waals surface area contributed by atoms with E-state index in [0.717, 1.165) is 51.3 Å². The molecule has 0 aromatic heterocycles. The normalized spacial score (nSPS) is 20.6. The number of hydrogen-bond acceptors (Lipinski definition) is 3. The van der Waals surface area contributed by atoms with E-state index in [-0.39, 0.29) is 5.91 Å². The van der Waals surface area contributed by atoms with Gasteiger partial charge in [0.2, 0.25) is 0 Å². The summed E-state index contributed by atoms with van der Waals surface area (Å²) in [5.74, 6) is 0.119. The average molecular weight is 398 g/mol. The first-order valence-electron chi connectivity index (χ1n) is 10.1. The van der Waals surface area contributed by atoms with Gasteiger partial charge in [0, 0.05) is 61.6 Å². The van der Waals surface area contributed by atoms with Crippen molar-refractivity contribution in [3.63, 3.8) is 0 Å². The van der Waals surface area contributed by atoms with Gasteiger partial charge in [-0.25, -0.2) is 0 Å². The molecule has 2 fully saturated rings. The van der Waals surface area contributed by atoms with Crippen LogP contribution in [0.4, 0.5) is 5.69 Å². The fraction of sp³-hybridized carbons (Fsp3) is 0.435. The number of aryl methyl sites for hydroxylation is 1. The van der Waals surface area contributed by atoms with Crippen molar-refractivity contribution in [3.05, 3.63) is 64.2 Å². The van der Waals surface area contributed by atoms with Crippen LogP contribution in [0, 0.1) is 13.8 Å². The Morgan fingerprint density at radius 3 is 2.39 bits per heavy atom. The van der Waals surface area contributed by atoms with Gasteiger partial charge in [-0.15, -0.1) is 0 Å². The summed E-state index contributed by atoms with van der Waals surface area (Å²) in [6.45, 7) is 10.3. The van der Waals surface area contributed by atoms with E-state index < -0.39 is 0 Å². The van der Waals surface area contributed by atoms with Crippen molar-refractivity contribution in [2.75, 3.05) is 44.2 Å². The van der Waals surface area contributed by atoms with E-state index in [9.17, 15) is 4.79 Å². The zero-order valence-electron chi connectivity index (χ0n) is 16.7. The van der Waals surface area contributed by atoms with Gasteiger partial charge < -0.3 is 9.80 Å². The Bertz CT molecular complexity index is 843. The van der Waals surface area contributed by atoms with E-state index in [1.807, 2.05) is 17.0 Å². The van der Waals surface area contributed by atoms with Crippen LogP contribution < -0.4 is 4.90 Å². The zero-order chi connectivity index (χ0) is 19.7. The van der Waals surface area contributed by atoms with Crippen LogP contribution in [0.25, 0.3) is 0 Å². The van der Waals surface area contributed by atoms with E-state index in [0.29, 0.717) is 11.1 Å². The highest BCUT2D eigenvalue weighted by Gasteiger charge is 2.32. The molecule has 2 aliphatic rings. The Morgan fingerprint density at radius 2 is 1.68 bits per heavy atom. The van der Waals surface area contributed by atoms with Crippen molar-refractivity contribution in [2.45, 2.75) is 26.3 Å². The molecule has 1 atom stereocenters. The number of piperazine rings is 1. The lowest BCUT2D eigenvalue weighted by Gasteiger charge is -2.39. The number of carbonyl (C=O) groups is 1. The van der Waals surface area contributed by atoms with Crippen molar-refractivity contribution in [3.8, 4) is 0 Å². The molecule has 148 valence electrons. The molecule has 0 saturated carbocycles. The minimum Gasteiger partial charge on any atom is -0.369 e. The van der Waals surface area contributed by atoms with Crippen LogP contribution in [0.15, 0.2) is 42.5 Å². The summed E-state index contributed by atoms with van der Waals surface area (Å²) >= 11 is 5.94. The number of amides is 1. The summed E-state index contributed by atoms with van der Waals surface area (Å²) in [4.78, 5) is 19.8. The quantitative estimate of drug-likeness (QED) is 0.783. The predicted octanol–water partition coefficient (Wildman–Crippen LogP) is 3.99. The highest BCUT2D eigenvalue weighted by molar-refractivity contribution is 6.30. The number of halogens is 1. The van der Waals surface area contributed by atoms with E-state index in [1.54, 1.807) is 12.1 Å². The Kier molecular flexibility index (Phi) is 5.61. The van der Waals surface area contributed by atoms with Gasteiger partial charge in [-0.2, -0.15) is 0 Å². The molecule has 5 heteroatoms. The van der Waals surface area contributed by atoms with Crippen LogP contribution in [0.2, 0.25) is 5.02 Å². The maximum absolute atomic E-state index is 12.7. The predicted molar refractivity (Wildman–Crippen MR) is 115 cm³/mol. The molecule has 1 unspecified atom stereocenters. The fourth-order valence-corrected chi connectivity index (χ4v) is 4.53. The van der Waals surface area contributed by atoms with Gasteiger partial charge in [-0.05, 0) is 61.7 Å². The SMILES string of the molecule is Cc1cccc(N2CCN(C3CCN(C(=O)c4ccc(Cl)cc4)C3)CC2)c1C. The molecule has 28 heavy (non-hydrogen) atoms. The van der Waals surface area contributed by atoms with Gasteiger partial charge in [-0.3, -0.25) is 9.69 Å². The maximum atomic E-state index is 12.7. The molecule has 0 radical (unpaired) electrons. The van der Waals surface area contributed by atoms with E-state index in [2.05, 4.69) is 41.8 Å². The van der Waals surface area contributed by atoms with Gasteiger partial charge >= 0.3 is 0 Å². The number of benzene rings is 2. The molecular formula is C23H28ClN3O. The molecule has 2 aromatic rings. The van der Waals surface area contributed by atoms with Gasteiger partial charge in [0.25, 0.3) is 5.91 Å². The molecule has 0 bridgehead atoms. The third kappa shape index (κ3) is 3.89. The summed E-state index contributed by atoms with van der Waals surface area (Å²) in [5.41, 5.74) is 4.83. The number of nitrogens with zero attached hydrogens (tertiary/aromatic N) is 3. The summed E-state index contributed by atoms with van der Waals surface area (Å²) in [5, 5.41) is 0.664. The molecule has 0 N–H and O–H groups in total. The second-order valence-corrected chi connectivity index (χ2v) is 8.38. The van der Waals surface area contributed by atoms with Crippen molar-refractivity contribution in [1.82, 2.24) is 9.80 Å². The first-order valence-corrected chi connectivity index (χ1v) is 10.5. The molecule has 0 aliphatic carbocycles. The molecule has 4 nitrogen and oxygen atoms in total. The van der Waals surface area contributed by atoms with Crippen molar-refractivity contribution in [1.29, 1.82) is 0 Å². The van der Waals surface area contributed by atoms with E-state index >= 15 is 0 Å². The zero-order valence-corrected chi connectivity index (χ0v) is 17.5. The number of likely N-dealkylation sites (tertiary alicyclic amines) is 1. The Hall–Kier alpha value is -2.04. The molecule has 2 aliphatic heterocycles. The third-order valence-corrected chi connectivity index (χ3v) is 6.54. The Morgan fingerprint density at radius 1 is 0.964 bits per heavy atom. The van der Waals surface area contributed by atoms with Gasteiger partial charge in [0.1, 0.15) is 0 Å². The first-order chi connectivity index (χ1) is 13.5. The summed E-state index contributed by atoms with van der Waals surface area (Å²) in [6, 6.07) is 14.3. The first kappa shape index (κ1) is 19.3. The highest BCUT2D eigenvalue weighted by atomic mass is 35.5. The summed E-state index contributed by atoms with van der Waals surface area (Å²) in [6.07, 6.45) is 1.06. The van der Waals surface area contributed by atoms with Crippen LogP contribution in [-0.2, 0) is 0 Å². The number of rotatable bonds is 3. The molecule has 4 rings (SSSR count). The molecule has 0 spiro atoms. The van der Waals surface area contributed by atoms with Crippen LogP contribution >= 0.6 is 11.6 Å². The van der Waals surface area contributed by atoms with Gasteiger partial charge in [0.05, 0.1) is 0 Å². The van der Waals surface area contributed by atoms with Crippen molar-refractivity contribution in [2.24, 2.45) is 0 Å². The average Bonchev–Trinajstić information content (AvgIpc) is 3.20. The summed E-state index contributed by atoms with van der Waals surface area (Å²) in [7, 11) is 0.